The Bertz CT molecular complexity index is 218. The molecule has 0 aliphatic carbocycles. The first kappa shape index (κ1) is 16.8. The molecule has 0 aromatic carbocycles. The van der Waals surface area contributed by atoms with Crippen molar-refractivity contribution in [3.05, 3.63) is 24.6 Å². The first-order chi connectivity index (χ1) is 7.83. The van der Waals surface area contributed by atoms with E-state index in [0.29, 0.717) is 0 Å². The highest BCUT2D eigenvalue weighted by Gasteiger charge is 2.17. The van der Waals surface area contributed by atoms with Crippen molar-refractivity contribution < 1.29 is 18.3 Å². The normalized spacial score (nSPS) is 12.5. The van der Waals surface area contributed by atoms with Crippen LogP contribution in [0.2, 0.25) is 26.2 Å². The summed E-state index contributed by atoms with van der Waals surface area (Å²) < 4.78 is 21.4. The standard InChI is InChI=1S/C11H24O4Si2/c1-7-16(3,4)14-10-12-9-13-11-15-17(5,6)8-2/h7-8H,1-2,9-11H2,3-6H3. The molecule has 0 fully saturated rings. The molecule has 0 rings (SSSR count). The van der Waals surface area contributed by atoms with Crippen LogP contribution >= 0.6 is 0 Å². The third kappa shape index (κ3) is 9.45. The Kier molecular flexibility index (Phi) is 7.85. The molecule has 0 amide bonds. The smallest absolute Gasteiger partial charge is 0.213 e. The predicted octanol–water partition coefficient (Wildman–Crippen LogP) is 2.79. The van der Waals surface area contributed by atoms with Crippen molar-refractivity contribution in [1.82, 2.24) is 0 Å². The zero-order valence-electron chi connectivity index (χ0n) is 11.3. The molecule has 0 aromatic heterocycles. The molecule has 6 heteroatoms. The molecular weight excluding hydrogens is 252 g/mol. The average Bonchev–Trinajstić information content (AvgIpc) is 2.27. The van der Waals surface area contributed by atoms with Crippen LogP contribution in [-0.2, 0) is 18.3 Å². The van der Waals surface area contributed by atoms with Gasteiger partial charge in [0.25, 0.3) is 0 Å². The number of hydrogen-bond acceptors (Lipinski definition) is 4. The Balaban J connectivity index is 3.42. The van der Waals surface area contributed by atoms with Crippen LogP contribution in [-0.4, -0.2) is 37.0 Å². The van der Waals surface area contributed by atoms with Gasteiger partial charge in [-0.15, -0.1) is 13.2 Å². The van der Waals surface area contributed by atoms with Crippen molar-refractivity contribution in [2.24, 2.45) is 0 Å². The summed E-state index contributed by atoms with van der Waals surface area (Å²) in [5.41, 5.74) is 3.72. The van der Waals surface area contributed by atoms with Gasteiger partial charge >= 0.3 is 0 Å². The van der Waals surface area contributed by atoms with Crippen molar-refractivity contribution in [1.29, 1.82) is 0 Å². The third-order valence-corrected chi connectivity index (χ3v) is 5.87. The predicted molar refractivity (Wildman–Crippen MR) is 74.3 cm³/mol. The highest BCUT2D eigenvalue weighted by molar-refractivity contribution is 6.76. The average molecular weight is 276 g/mol. The zero-order valence-corrected chi connectivity index (χ0v) is 13.3. The molecule has 0 saturated heterocycles. The second-order valence-corrected chi connectivity index (χ2v) is 12.5. The van der Waals surface area contributed by atoms with Crippen LogP contribution in [0.15, 0.2) is 24.6 Å². The van der Waals surface area contributed by atoms with Gasteiger partial charge in [-0.05, 0) is 26.2 Å². The first-order valence-corrected chi connectivity index (χ1v) is 11.5. The lowest BCUT2D eigenvalue weighted by Gasteiger charge is -2.19. The van der Waals surface area contributed by atoms with Gasteiger partial charge in [0.1, 0.15) is 13.6 Å². The number of ether oxygens (including phenoxy) is 2. The summed E-state index contributed by atoms with van der Waals surface area (Å²) in [5, 5.41) is 0. The van der Waals surface area contributed by atoms with E-state index in [2.05, 4.69) is 13.2 Å². The summed E-state index contributed by atoms with van der Waals surface area (Å²) >= 11 is 0. The SMILES string of the molecule is C=C[Si](C)(C)OCOCOCO[Si](C)(C)C=C. The van der Waals surface area contributed by atoms with E-state index < -0.39 is 16.6 Å². The van der Waals surface area contributed by atoms with Crippen LogP contribution in [0.25, 0.3) is 0 Å². The third-order valence-electron chi connectivity index (χ3n) is 2.18. The molecule has 0 N–H and O–H groups in total. The van der Waals surface area contributed by atoms with E-state index in [1.165, 1.54) is 0 Å². The van der Waals surface area contributed by atoms with Gasteiger partial charge in [0.15, 0.2) is 6.79 Å². The Morgan fingerprint density at radius 3 is 1.41 bits per heavy atom. The molecule has 0 unspecified atom stereocenters. The van der Waals surface area contributed by atoms with E-state index in [1.807, 2.05) is 37.6 Å². The highest BCUT2D eigenvalue weighted by atomic mass is 28.4. The van der Waals surface area contributed by atoms with Gasteiger partial charge in [0, 0.05) is 0 Å². The van der Waals surface area contributed by atoms with Crippen LogP contribution in [0.5, 0.6) is 0 Å². The minimum absolute atomic E-state index is 0.170. The zero-order chi connectivity index (χ0) is 13.4. The van der Waals surface area contributed by atoms with E-state index in [-0.39, 0.29) is 20.4 Å². The molecule has 0 spiro atoms. The van der Waals surface area contributed by atoms with Crippen LogP contribution in [0.4, 0.5) is 0 Å². The summed E-state index contributed by atoms with van der Waals surface area (Å²) in [6.07, 6.45) is 0. The van der Waals surface area contributed by atoms with Crippen LogP contribution in [0, 0.1) is 0 Å². The molecule has 0 aliphatic rings. The summed E-state index contributed by atoms with van der Waals surface area (Å²) in [4.78, 5) is 0. The fourth-order valence-corrected chi connectivity index (χ4v) is 1.64. The molecule has 0 atom stereocenters. The minimum Gasteiger partial charge on any atom is -0.391 e. The molecular formula is C11H24O4Si2. The summed E-state index contributed by atoms with van der Waals surface area (Å²) in [5.74, 6) is 0. The summed E-state index contributed by atoms with van der Waals surface area (Å²) in [6.45, 7) is 16.3. The van der Waals surface area contributed by atoms with Crippen LogP contribution in [0.3, 0.4) is 0 Å². The fraction of sp³-hybridized carbons (Fsp3) is 0.636. The lowest BCUT2D eigenvalue weighted by atomic mass is 11.3. The highest BCUT2D eigenvalue weighted by Crippen LogP contribution is 2.05. The van der Waals surface area contributed by atoms with Crippen molar-refractivity contribution in [3.8, 4) is 0 Å². The maximum atomic E-state index is 5.52. The van der Waals surface area contributed by atoms with Gasteiger partial charge in [-0.3, -0.25) is 0 Å². The molecule has 0 aromatic rings. The van der Waals surface area contributed by atoms with Gasteiger partial charge in [0.05, 0.1) is 0 Å². The maximum absolute atomic E-state index is 5.52. The second-order valence-electron chi connectivity index (χ2n) is 4.67. The van der Waals surface area contributed by atoms with Gasteiger partial charge in [-0.1, -0.05) is 11.4 Å². The van der Waals surface area contributed by atoms with E-state index in [0.717, 1.165) is 0 Å². The Morgan fingerprint density at radius 1 is 0.765 bits per heavy atom. The van der Waals surface area contributed by atoms with Gasteiger partial charge < -0.3 is 18.3 Å². The lowest BCUT2D eigenvalue weighted by Crippen LogP contribution is -2.30. The Labute approximate surface area is 106 Å². The molecule has 0 bridgehead atoms. The van der Waals surface area contributed by atoms with E-state index in [1.54, 1.807) is 0 Å². The van der Waals surface area contributed by atoms with Crippen molar-refractivity contribution in [2.45, 2.75) is 26.2 Å². The molecule has 4 nitrogen and oxygen atoms in total. The maximum Gasteiger partial charge on any atom is 0.213 e. The summed E-state index contributed by atoms with van der Waals surface area (Å²) in [6, 6.07) is 0. The van der Waals surface area contributed by atoms with Gasteiger partial charge in [0.2, 0.25) is 16.6 Å². The largest absolute Gasteiger partial charge is 0.391 e. The van der Waals surface area contributed by atoms with E-state index in [4.69, 9.17) is 18.3 Å². The molecule has 0 heterocycles. The Morgan fingerprint density at radius 2 is 1.12 bits per heavy atom. The molecule has 17 heavy (non-hydrogen) atoms. The van der Waals surface area contributed by atoms with Gasteiger partial charge in [-0.25, -0.2) is 0 Å². The van der Waals surface area contributed by atoms with Crippen LogP contribution < -0.4 is 0 Å². The quantitative estimate of drug-likeness (QED) is 0.349. The second kappa shape index (κ2) is 7.96. The lowest BCUT2D eigenvalue weighted by molar-refractivity contribution is -0.133. The molecule has 100 valence electrons. The number of hydrogen-bond donors (Lipinski definition) is 0. The Hall–Kier alpha value is -0.246. The summed E-state index contributed by atoms with van der Waals surface area (Å²) in [7, 11) is -3.47. The monoisotopic (exact) mass is 276 g/mol. The van der Waals surface area contributed by atoms with Crippen LogP contribution in [0.1, 0.15) is 0 Å². The molecule has 0 radical (unpaired) electrons. The van der Waals surface area contributed by atoms with Crippen molar-refractivity contribution in [3.63, 3.8) is 0 Å². The molecule has 0 saturated carbocycles. The van der Waals surface area contributed by atoms with Crippen molar-refractivity contribution in [2.75, 3.05) is 20.4 Å². The fourth-order valence-electron chi connectivity index (χ4n) is 0.632. The topological polar surface area (TPSA) is 36.9 Å². The minimum atomic E-state index is -1.74. The first-order valence-electron chi connectivity index (χ1n) is 5.53. The van der Waals surface area contributed by atoms with E-state index in [9.17, 15) is 0 Å². The number of rotatable bonds is 10. The van der Waals surface area contributed by atoms with E-state index >= 15 is 0 Å². The van der Waals surface area contributed by atoms with Gasteiger partial charge in [-0.2, -0.15) is 0 Å². The molecule has 0 aliphatic heterocycles. The van der Waals surface area contributed by atoms with Crippen molar-refractivity contribution >= 4 is 16.6 Å².